The fourth-order valence-electron chi connectivity index (χ4n) is 2.31. The molecule has 0 spiro atoms. The van der Waals surface area contributed by atoms with Gasteiger partial charge in [0.1, 0.15) is 0 Å². The van der Waals surface area contributed by atoms with Crippen molar-refractivity contribution in [3.8, 4) is 0 Å². The molecule has 3 heteroatoms. The van der Waals surface area contributed by atoms with Gasteiger partial charge in [0.05, 0.1) is 6.10 Å². The molecule has 108 valence electrons. The van der Waals surface area contributed by atoms with E-state index in [9.17, 15) is 5.11 Å². The molecule has 1 atom stereocenters. The molecule has 0 heterocycles. The lowest BCUT2D eigenvalue weighted by Gasteiger charge is -2.27. The molecule has 1 aromatic rings. The van der Waals surface area contributed by atoms with E-state index < -0.39 is 6.10 Å². The summed E-state index contributed by atoms with van der Waals surface area (Å²) in [4.78, 5) is 2.30. The molecule has 3 nitrogen and oxygen atoms in total. The predicted octanol–water partition coefficient (Wildman–Crippen LogP) is 2.51. The zero-order valence-corrected chi connectivity index (χ0v) is 12.3. The van der Waals surface area contributed by atoms with Crippen LogP contribution < -0.4 is 0 Å². The van der Waals surface area contributed by atoms with Crippen molar-refractivity contribution in [2.45, 2.75) is 45.8 Å². The zero-order chi connectivity index (χ0) is 14.3. The van der Waals surface area contributed by atoms with Crippen LogP contribution in [0.3, 0.4) is 0 Å². The molecule has 0 radical (unpaired) electrons. The van der Waals surface area contributed by atoms with E-state index >= 15 is 0 Å². The summed E-state index contributed by atoms with van der Waals surface area (Å²) in [6.07, 6.45) is 1.11. The number of aryl methyl sites for hydroxylation is 1. The largest absolute Gasteiger partial charge is 0.396 e. The van der Waals surface area contributed by atoms with E-state index in [-0.39, 0.29) is 6.61 Å². The summed E-state index contributed by atoms with van der Waals surface area (Å²) in [5.74, 6) is 0. The Hall–Kier alpha value is -0.900. The summed E-state index contributed by atoms with van der Waals surface area (Å²) < 4.78 is 0. The van der Waals surface area contributed by atoms with Gasteiger partial charge < -0.3 is 15.1 Å². The van der Waals surface area contributed by atoms with Gasteiger partial charge in [-0.2, -0.15) is 0 Å². The standard InChI is InChI=1S/C16H27NO2/c1-13(2)17(10-6-12-18)11-9-16(19)15-8-5-4-7-14(15)3/h4-5,7-8,13,16,18-19H,6,9-12H2,1-3H3. The first-order valence-electron chi connectivity index (χ1n) is 7.14. The minimum atomic E-state index is -0.406. The molecule has 0 aliphatic rings. The number of rotatable bonds is 8. The Labute approximate surface area is 116 Å². The van der Waals surface area contributed by atoms with Crippen LogP contribution in [0.5, 0.6) is 0 Å². The molecule has 0 saturated carbocycles. The van der Waals surface area contributed by atoms with E-state index in [2.05, 4.69) is 18.7 Å². The van der Waals surface area contributed by atoms with E-state index in [1.165, 1.54) is 0 Å². The van der Waals surface area contributed by atoms with Crippen molar-refractivity contribution in [1.29, 1.82) is 0 Å². The number of aliphatic hydroxyl groups is 2. The molecule has 1 aromatic carbocycles. The Morgan fingerprint density at radius 3 is 2.42 bits per heavy atom. The van der Waals surface area contributed by atoms with Crippen molar-refractivity contribution in [2.75, 3.05) is 19.7 Å². The molecule has 1 rings (SSSR count). The number of hydrogen-bond acceptors (Lipinski definition) is 3. The molecule has 0 bridgehead atoms. The van der Waals surface area contributed by atoms with Gasteiger partial charge in [-0.25, -0.2) is 0 Å². The summed E-state index contributed by atoms with van der Waals surface area (Å²) in [6, 6.07) is 8.43. The van der Waals surface area contributed by atoms with Crippen LogP contribution in [0.2, 0.25) is 0 Å². The van der Waals surface area contributed by atoms with Crippen molar-refractivity contribution in [1.82, 2.24) is 4.90 Å². The van der Waals surface area contributed by atoms with Crippen LogP contribution in [0.15, 0.2) is 24.3 Å². The van der Waals surface area contributed by atoms with Crippen LogP contribution >= 0.6 is 0 Å². The average molecular weight is 265 g/mol. The first-order chi connectivity index (χ1) is 9.06. The third-order valence-electron chi connectivity index (χ3n) is 3.57. The first kappa shape index (κ1) is 16.2. The Morgan fingerprint density at radius 2 is 1.84 bits per heavy atom. The minimum Gasteiger partial charge on any atom is -0.396 e. The lowest BCUT2D eigenvalue weighted by molar-refractivity contribution is 0.125. The number of hydrogen-bond donors (Lipinski definition) is 2. The van der Waals surface area contributed by atoms with Crippen LogP contribution in [0.4, 0.5) is 0 Å². The third kappa shape index (κ3) is 5.31. The maximum atomic E-state index is 10.3. The topological polar surface area (TPSA) is 43.7 Å². The highest BCUT2D eigenvalue weighted by molar-refractivity contribution is 5.27. The summed E-state index contributed by atoms with van der Waals surface area (Å²) in [6.45, 7) is 8.30. The molecule has 0 amide bonds. The molecule has 19 heavy (non-hydrogen) atoms. The summed E-state index contributed by atoms with van der Waals surface area (Å²) in [5, 5.41) is 19.2. The van der Waals surface area contributed by atoms with Gasteiger partial charge in [-0.3, -0.25) is 0 Å². The molecule has 0 aromatic heterocycles. The monoisotopic (exact) mass is 265 g/mol. The summed E-state index contributed by atoms with van der Waals surface area (Å²) in [7, 11) is 0. The van der Waals surface area contributed by atoms with E-state index in [0.717, 1.165) is 37.1 Å². The van der Waals surface area contributed by atoms with Gasteiger partial charge in [0.15, 0.2) is 0 Å². The second-order valence-corrected chi connectivity index (χ2v) is 5.37. The molecule has 1 unspecified atom stereocenters. The fraction of sp³-hybridized carbons (Fsp3) is 0.625. The van der Waals surface area contributed by atoms with E-state index in [4.69, 9.17) is 5.11 Å². The Bertz CT molecular complexity index is 366. The van der Waals surface area contributed by atoms with Gasteiger partial charge in [0.25, 0.3) is 0 Å². The maximum Gasteiger partial charge on any atom is 0.0804 e. The number of aliphatic hydroxyl groups excluding tert-OH is 2. The number of benzene rings is 1. The van der Waals surface area contributed by atoms with Gasteiger partial charge in [-0.15, -0.1) is 0 Å². The third-order valence-corrected chi connectivity index (χ3v) is 3.57. The van der Waals surface area contributed by atoms with Gasteiger partial charge in [0, 0.05) is 25.7 Å². The fourth-order valence-corrected chi connectivity index (χ4v) is 2.31. The highest BCUT2D eigenvalue weighted by atomic mass is 16.3. The van der Waals surface area contributed by atoms with Gasteiger partial charge in [-0.1, -0.05) is 24.3 Å². The van der Waals surface area contributed by atoms with E-state index in [1.54, 1.807) is 0 Å². The van der Waals surface area contributed by atoms with Gasteiger partial charge in [-0.05, 0) is 44.7 Å². The second-order valence-electron chi connectivity index (χ2n) is 5.37. The van der Waals surface area contributed by atoms with Crippen LogP contribution in [0, 0.1) is 6.92 Å². The molecule has 0 aliphatic heterocycles. The van der Waals surface area contributed by atoms with Gasteiger partial charge in [0.2, 0.25) is 0 Å². The van der Waals surface area contributed by atoms with Crippen molar-refractivity contribution in [3.05, 3.63) is 35.4 Å². The molecule has 0 saturated heterocycles. The van der Waals surface area contributed by atoms with Crippen LogP contribution in [0.1, 0.15) is 43.9 Å². The molecule has 0 aliphatic carbocycles. The lowest BCUT2D eigenvalue weighted by Crippen LogP contribution is -2.34. The smallest absolute Gasteiger partial charge is 0.0804 e. The maximum absolute atomic E-state index is 10.3. The van der Waals surface area contributed by atoms with Crippen LogP contribution in [0.25, 0.3) is 0 Å². The first-order valence-corrected chi connectivity index (χ1v) is 7.14. The Morgan fingerprint density at radius 1 is 1.16 bits per heavy atom. The highest BCUT2D eigenvalue weighted by Crippen LogP contribution is 2.20. The van der Waals surface area contributed by atoms with Crippen LogP contribution in [-0.4, -0.2) is 40.9 Å². The van der Waals surface area contributed by atoms with Crippen molar-refractivity contribution in [3.63, 3.8) is 0 Å². The summed E-state index contributed by atoms with van der Waals surface area (Å²) in [5.41, 5.74) is 2.16. The summed E-state index contributed by atoms with van der Waals surface area (Å²) >= 11 is 0. The van der Waals surface area contributed by atoms with Crippen molar-refractivity contribution < 1.29 is 10.2 Å². The minimum absolute atomic E-state index is 0.226. The zero-order valence-electron chi connectivity index (χ0n) is 12.3. The second kappa shape index (κ2) is 8.31. The molecule has 2 N–H and O–H groups in total. The van der Waals surface area contributed by atoms with E-state index in [0.29, 0.717) is 6.04 Å². The van der Waals surface area contributed by atoms with E-state index in [1.807, 2.05) is 31.2 Å². The molecule has 0 fully saturated rings. The highest BCUT2D eigenvalue weighted by Gasteiger charge is 2.14. The molecular weight excluding hydrogens is 238 g/mol. The quantitative estimate of drug-likeness (QED) is 0.759. The van der Waals surface area contributed by atoms with Crippen molar-refractivity contribution >= 4 is 0 Å². The Balaban J connectivity index is 2.52. The Kier molecular flexibility index (Phi) is 7.06. The molecular formula is C16H27NO2. The average Bonchev–Trinajstić information content (AvgIpc) is 2.38. The van der Waals surface area contributed by atoms with Crippen molar-refractivity contribution in [2.24, 2.45) is 0 Å². The lowest BCUT2D eigenvalue weighted by atomic mass is 10.0. The number of nitrogens with zero attached hydrogens (tertiary/aromatic N) is 1. The van der Waals surface area contributed by atoms with Gasteiger partial charge >= 0.3 is 0 Å². The predicted molar refractivity (Wildman–Crippen MR) is 79.2 cm³/mol. The normalized spacial score (nSPS) is 13.2. The van der Waals surface area contributed by atoms with Crippen LogP contribution in [-0.2, 0) is 0 Å². The SMILES string of the molecule is Cc1ccccc1C(O)CCN(CCCO)C(C)C.